The van der Waals surface area contributed by atoms with E-state index in [-0.39, 0.29) is 35.2 Å². The highest BCUT2D eigenvalue weighted by molar-refractivity contribution is 6.00. The van der Waals surface area contributed by atoms with Gasteiger partial charge in [0.05, 0.1) is 30.5 Å². The number of hydrogen-bond donors (Lipinski definition) is 4. The molecule has 2 aliphatic carbocycles. The van der Waals surface area contributed by atoms with Crippen molar-refractivity contribution < 1.29 is 14.6 Å². The van der Waals surface area contributed by atoms with Crippen molar-refractivity contribution in [2.45, 2.75) is 50.0 Å². The number of aromatic nitrogens is 4. The molecular formula is C22H27N7O4. The number of methoxy groups -OCH3 is 1. The Kier molecular flexibility index (Phi) is 5.51. The fourth-order valence-corrected chi connectivity index (χ4v) is 4.31. The van der Waals surface area contributed by atoms with Gasteiger partial charge in [-0.25, -0.2) is 4.98 Å². The van der Waals surface area contributed by atoms with Gasteiger partial charge in [0, 0.05) is 26.4 Å². The fraction of sp³-hybridized carbons (Fsp3) is 0.455. The number of hydrogen-bond acceptors (Lipinski definition) is 8. The summed E-state index contributed by atoms with van der Waals surface area (Å²) >= 11 is 0. The Morgan fingerprint density at radius 2 is 2.12 bits per heavy atom. The number of pyridine rings is 1. The van der Waals surface area contributed by atoms with Crippen LogP contribution in [0.2, 0.25) is 0 Å². The van der Waals surface area contributed by atoms with Crippen LogP contribution < -0.4 is 21.5 Å². The lowest BCUT2D eigenvalue weighted by Gasteiger charge is -2.36. The molecule has 2 unspecified atom stereocenters. The van der Waals surface area contributed by atoms with Crippen molar-refractivity contribution in [3.8, 4) is 0 Å². The third-order valence-corrected chi connectivity index (χ3v) is 6.60. The molecule has 2 saturated carbocycles. The number of nitrogens with zero attached hydrogens (tertiary/aromatic N) is 4. The topological polar surface area (TPSA) is 135 Å². The second-order valence-corrected chi connectivity index (χ2v) is 8.47. The molecule has 0 aromatic carbocycles. The summed E-state index contributed by atoms with van der Waals surface area (Å²) in [5.41, 5.74) is 0.839. The summed E-state index contributed by atoms with van der Waals surface area (Å²) in [6.07, 6.45) is 5.96. The number of fused-ring (bicyclic) bond motifs is 1. The predicted octanol–water partition coefficient (Wildman–Crippen LogP) is 1.28. The van der Waals surface area contributed by atoms with E-state index in [0.717, 1.165) is 19.3 Å². The van der Waals surface area contributed by atoms with E-state index in [0.29, 0.717) is 29.4 Å². The third-order valence-electron chi connectivity index (χ3n) is 6.60. The molecule has 0 bridgehead atoms. The van der Waals surface area contributed by atoms with Gasteiger partial charge in [0.2, 0.25) is 0 Å². The standard InChI is InChI=1S/C22H27N7O4/c1-23-19-10-18(25-14-4-3-9-28(22(14)32)15-6-8-17(15)33-2)27-20-12(11-24-29(19)20)21(31)26-13-5-7-16(13)30/h3-4,9-11,13,15-17,23,30H,5-8H2,1-2H3,(H,25,27)(H,26,31)/t13-,15?,16-,17?/m0/s1. The van der Waals surface area contributed by atoms with Crippen molar-refractivity contribution in [2.24, 2.45) is 0 Å². The van der Waals surface area contributed by atoms with Crippen LogP contribution in [0.1, 0.15) is 42.1 Å². The van der Waals surface area contributed by atoms with Crippen LogP contribution in [0.4, 0.5) is 17.3 Å². The lowest BCUT2D eigenvalue weighted by Crippen LogP contribution is -2.50. The molecule has 1 amide bonds. The number of carbonyl (C=O) groups excluding carboxylic acids is 1. The van der Waals surface area contributed by atoms with E-state index in [9.17, 15) is 14.7 Å². The Labute approximate surface area is 189 Å². The highest BCUT2D eigenvalue weighted by Gasteiger charge is 2.33. The zero-order valence-corrected chi connectivity index (χ0v) is 18.5. The first kappa shape index (κ1) is 21.4. The highest BCUT2D eigenvalue weighted by atomic mass is 16.5. The van der Waals surface area contributed by atoms with Gasteiger partial charge in [-0.3, -0.25) is 9.59 Å². The molecular weight excluding hydrogens is 426 g/mol. The molecule has 0 spiro atoms. The maximum absolute atomic E-state index is 13.1. The zero-order chi connectivity index (χ0) is 23.1. The van der Waals surface area contributed by atoms with E-state index >= 15 is 0 Å². The lowest BCUT2D eigenvalue weighted by molar-refractivity contribution is -0.0103. The monoisotopic (exact) mass is 453 g/mol. The van der Waals surface area contributed by atoms with E-state index in [4.69, 9.17) is 4.74 Å². The lowest BCUT2D eigenvalue weighted by atomic mass is 9.88. The number of amides is 1. The summed E-state index contributed by atoms with van der Waals surface area (Å²) in [4.78, 5) is 30.5. The first-order valence-corrected chi connectivity index (χ1v) is 11.1. The van der Waals surface area contributed by atoms with Crippen LogP contribution >= 0.6 is 0 Å². The molecule has 3 aromatic rings. The van der Waals surface area contributed by atoms with Gasteiger partial charge in [-0.05, 0) is 37.8 Å². The molecule has 2 fully saturated rings. The van der Waals surface area contributed by atoms with Gasteiger partial charge in [-0.15, -0.1) is 0 Å². The van der Waals surface area contributed by atoms with Gasteiger partial charge in [0.15, 0.2) is 5.65 Å². The smallest absolute Gasteiger partial charge is 0.274 e. The van der Waals surface area contributed by atoms with Crippen LogP contribution in [-0.4, -0.2) is 62.6 Å². The predicted molar refractivity (Wildman–Crippen MR) is 122 cm³/mol. The molecule has 0 aliphatic heterocycles. The number of anilines is 3. The second kappa shape index (κ2) is 8.49. The average Bonchev–Trinajstić information content (AvgIpc) is 3.22. The van der Waals surface area contributed by atoms with Crippen LogP contribution in [0, 0.1) is 0 Å². The Hall–Kier alpha value is -3.44. The molecule has 11 heteroatoms. The summed E-state index contributed by atoms with van der Waals surface area (Å²) in [7, 11) is 3.40. The Morgan fingerprint density at radius 1 is 1.27 bits per heavy atom. The summed E-state index contributed by atoms with van der Waals surface area (Å²) in [6, 6.07) is 4.98. The summed E-state index contributed by atoms with van der Waals surface area (Å²) in [5, 5.41) is 23.0. The maximum atomic E-state index is 13.1. The van der Waals surface area contributed by atoms with E-state index in [1.807, 2.05) is 6.07 Å². The van der Waals surface area contributed by atoms with Gasteiger partial charge >= 0.3 is 0 Å². The number of rotatable bonds is 7. The average molecular weight is 454 g/mol. The summed E-state index contributed by atoms with van der Waals surface area (Å²) in [6.45, 7) is 0. The van der Waals surface area contributed by atoms with Gasteiger partial charge in [0.25, 0.3) is 11.5 Å². The SMILES string of the molecule is CNc1cc(Nc2cccn(C3CCC3OC)c2=O)nc2c(C(=O)N[C@H]3CC[C@@H]3O)cnn12. The van der Waals surface area contributed by atoms with Crippen molar-refractivity contribution in [1.29, 1.82) is 0 Å². The van der Waals surface area contributed by atoms with Crippen molar-refractivity contribution in [3.63, 3.8) is 0 Å². The Balaban J connectivity index is 1.46. The number of aliphatic hydroxyl groups excluding tert-OH is 1. The quantitative estimate of drug-likeness (QED) is 0.420. The molecule has 11 nitrogen and oxygen atoms in total. The van der Waals surface area contributed by atoms with Crippen LogP contribution in [0.3, 0.4) is 0 Å². The van der Waals surface area contributed by atoms with E-state index in [1.165, 1.54) is 10.7 Å². The third kappa shape index (κ3) is 3.72. The minimum absolute atomic E-state index is 0.0135. The van der Waals surface area contributed by atoms with Crippen LogP contribution in [0.5, 0.6) is 0 Å². The molecule has 2 aliphatic rings. The molecule has 3 heterocycles. The van der Waals surface area contributed by atoms with E-state index < -0.39 is 6.10 Å². The molecule has 4 N–H and O–H groups in total. The highest BCUT2D eigenvalue weighted by Crippen LogP contribution is 2.33. The molecule has 0 saturated heterocycles. The molecule has 33 heavy (non-hydrogen) atoms. The van der Waals surface area contributed by atoms with E-state index in [1.54, 1.807) is 37.1 Å². The van der Waals surface area contributed by atoms with Crippen molar-refractivity contribution in [1.82, 2.24) is 24.5 Å². The maximum Gasteiger partial charge on any atom is 0.274 e. The van der Waals surface area contributed by atoms with Crippen molar-refractivity contribution in [2.75, 3.05) is 24.8 Å². The number of ether oxygens (including phenoxy) is 1. The minimum Gasteiger partial charge on any atom is -0.391 e. The first-order valence-electron chi connectivity index (χ1n) is 11.1. The number of nitrogens with one attached hydrogen (secondary N) is 3. The van der Waals surface area contributed by atoms with Crippen molar-refractivity contribution in [3.05, 3.63) is 46.5 Å². The zero-order valence-electron chi connectivity index (χ0n) is 18.5. The normalized spacial score (nSPS) is 24.1. The van der Waals surface area contributed by atoms with Crippen molar-refractivity contribution >= 4 is 28.9 Å². The van der Waals surface area contributed by atoms with Gasteiger partial charge in [0.1, 0.15) is 22.9 Å². The van der Waals surface area contributed by atoms with Gasteiger partial charge in [-0.2, -0.15) is 9.61 Å². The summed E-state index contributed by atoms with van der Waals surface area (Å²) in [5.74, 6) is 0.648. The second-order valence-electron chi connectivity index (χ2n) is 8.47. The molecule has 5 rings (SSSR count). The van der Waals surface area contributed by atoms with Crippen LogP contribution in [0.15, 0.2) is 35.4 Å². The Morgan fingerprint density at radius 3 is 2.76 bits per heavy atom. The Bertz CT molecular complexity index is 1250. The first-order chi connectivity index (χ1) is 16.0. The largest absolute Gasteiger partial charge is 0.391 e. The number of carbonyl (C=O) groups is 1. The molecule has 3 aromatic heterocycles. The van der Waals surface area contributed by atoms with Crippen LogP contribution in [-0.2, 0) is 4.74 Å². The van der Waals surface area contributed by atoms with Gasteiger partial charge < -0.3 is 30.4 Å². The molecule has 4 atom stereocenters. The minimum atomic E-state index is -0.525. The molecule has 0 radical (unpaired) electrons. The summed E-state index contributed by atoms with van der Waals surface area (Å²) < 4.78 is 8.67. The van der Waals surface area contributed by atoms with Crippen LogP contribution in [0.25, 0.3) is 5.65 Å². The fourth-order valence-electron chi connectivity index (χ4n) is 4.31. The number of aliphatic hydroxyl groups is 1. The van der Waals surface area contributed by atoms with Gasteiger partial charge in [-0.1, -0.05) is 0 Å². The molecule has 174 valence electrons. The van der Waals surface area contributed by atoms with E-state index in [2.05, 4.69) is 26.0 Å².